The summed E-state index contributed by atoms with van der Waals surface area (Å²) in [6, 6.07) is 0.112. The van der Waals surface area contributed by atoms with E-state index in [1.165, 1.54) is 0 Å². The summed E-state index contributed by atoms with van der Waals surface area (Å²) in [4.78, 5) is 15.4. The number of rotatable bonds is 8. The summed E-state index contributed by atoms with van der Waals surface area (Å²) in [6.45, 7) is 7.89. The summed E-state index contributed by atoms with van der Waals surface area (Å²) in [5, 5.41) is 5.73. The maximum absolute atomic E-state index is 11.4. The van der Waals surface area contributed by atoms with Crippen LogP contribution in [0.5, 0.6) is 0 Å². The number of hydrazine groups is 1. The fourth-order valence-corrected chi connectivity index (χ4v) is 1.20. The van der Waals surface area contributed by atoms with E-state index in [1.807, 2.05) is 20.8 Å². The predicted octanol–water partition coefficient (Wildman–Crippen LogP) is -0.653. The van der Waals surface area contributed by atoms with Crippen LogP contribution in [0.1, 0.15) is 27.2 Å². The molecular weight excluding hydrogens is 234 g/mol. The number of ether oxygens (including phenoxy) is 1. The van der Waals surface area contributed by atoms with Gasteiger partial charge in [0.1, 0.15) is 6.54 Å². The summed E-state index contributed by atoms with van der Waals surface area (Å²) >= 11 is 0. The molecule has 0 aliphatic rings. The molecular formula is C11H25N5O2. The fraction of sp³-hybridized carbons (Fsp3) is 0.818. The topological polar surface area (TPSA) is 101 Å². The molecule has 0 aliphatic carbocycles. The number of hydrogen-bond acceptors (Lipinski definition) is 4. The van der Waals surface area contributed by atoms with Gasteiger partial charge in [-0.3, -0.25) is 10.2 Å². The highest BCUT2D eigenvalue weighted by atomic mass is 16.5. The van der Waals surface area contributed by atoms with Crippen LogP contribution in [0.2, 0.25) is 0 Å². The monoisotopic (exact) mass is 259 g/mol. The van der Waals surface area contributed by atoms with Crippen molar-refractivity contribution >= 4 is 11.9 Å². The molecule has 7 heteroatoms. The van der Waals surface area contributed by atoms with Gasteiger partial charge in [0.2, 0.25) is 11.9 Å². The molecule has 0 aromatic rings. The first kappa shape index (κ1) is 16.7. The number of nitrogens with two attached hydrogens (primary N) is 1. The molecule has 0 fully saturated rings. The molecule has 0 rings (SSSR count). The summed E-state index contributed by atoms with van der Waals surface area (Å²) in [5.74, 6) is 5.57. The van der Waals surface area contributed by atoms with Crippen molar-refractivity contribution in [1.29, 1.82) is 0 Å². The molecule has 18 heavy (non-hydrogen) atoms. The van der Waals surface area contributed by atoms with E-state index in [-0.39, 0.29) is 18.5 Å². The van der Waals surface area contributed by atoms with Crippen molar-refractivity contribution in [3.05, 3.63) is 0 Å². The van der Waals surface area contributed by atoms with Gasteiger partial charge in [-0.1, -0.05) is 0 Å². The maximum atomic E-state index is 11.4. The summed E-state index contributed by atoms with van der Waals surface area (Å²) < 4.78 is 5.20. The molecule has 106 valence electrons. The molecule has 0 saturated heterocycles. The van der Waals surface area contributed by atoms with Crippen molar-refractivity contribution < 1.29 is 9.53 Å². The Balaban J connectivity index is 3.82. The Morgan fingerprint density at radius 1 is 1.44 bits per heavy atom. The molecule has 0 aromatic carbocycles. The third-order valence-corrected chi connectivity index (χ3v) is 1.93. The van der Waals surface area contributed by atoms with Crippen LogP contribution in [0, 0.1) is 0 Å². The molecule has 0 aliphatic heterocycles. The molecule has 7 nitrogen and oxygen atoms in total. The number of guanidine groups is 1. The zero-order valence-corrected chi connectivity index (χ0v) is 11.5. The lowest BCUT2D eigenvalue weighted by Gasteiger charge is -2.10. The Morgan fingerprint density at radius 2 is 2.17 bits per heavy atom. The second-order valence-electron chi connectivity index (χ2n) is 4.01. The van der Waals surface area contributed by atoms with E-state index in [1.54, 1.807) is 0 Å². The average Bonchev–Trinajstić information content (AvgIpc) is 2.31. The first-order valence-corrected chi connectivity index (χ1v) is 6.22. The highest BCUT2D eigenvalue weighted by Crippen LogP contribution is 1.82. The van der Waals surface area contributed by atoms with E-state index in [2.05, 4.69) is 21.1 Å². The van der Waals surface area contributed by atoms with Gasteiger partial charge < -0.3 is 15.4 Å². The van der Waals surface area contributed by atoms with Crippen molar-refractivity contribution in [3.63, 3.8) is 0 Å². The minimum atomic E-state index is -0.131. The zero-order valence-electron chi connectivity index (χ0n) is 11.5. The second-order valence-corrected chi connectivity index (χ2v) is 4.01. The lowest BCUT2D eigenvalue weighted by Crippen LogP contribution is -2.43. The number of hydrogen-bond donors (Lipinski definition) is 4. The quantitative estimate of drug-likeness (QED) is 0.152. The highest BCUT2D eigenvalue weighted by Gasteiger charge is 2.02. The van der Waals surface area contributed by atoms with Crippen molar-refractivity contribution in [2.75, 3.05) is 26.3 Å². The molecule has 0 radical (unpaired) electrons. The smallest absolute Gasteiger partial charge is 0.242 e. The molecule has 0 unspecified atom stereocenters. The Bertz CT molecular complexity index is 256. The number of carbonyl (C=O) groups excluding carboxylic acids is 1. The molecule has 5 N–H and O–H groups in total. The number of aliphatic imine (C=N–C) groups is 1. The fourth-order valence-electron chi connectivity index (χ4n) is 1.20. The maximum Gasteiger partial charge on any atom is 0.242 e. The second kappa shape index (κ2) is 10.8. The molecule has 0 spiro atoms. The van der Waals surface area contributed by atoms with Gasteiger partial charge in [0.25, 0.3) is 0 Å². The number of amides is 1. The SMILES string of the molecule is CCOCCCNC(=NCC(=O)NC(C)C)NN. The summed E-state index contributed by atoms with van der Waals surface area (Å²) in [6.07, 6.45) is 0.854. The van der Waals surface area contributed by atoms with E-state index >= 15 is 0 Å². The third-order valence-electron chi connectivity index (χ3n) is 1.93. The zero-order chi connectivity index (χ0) is 13.8. The molecule has 0 bridgehead atoms. The van der Waals surface area contributed by atoms with E-state index in [9.17, 15) is 4.79 Å². The third kappa shape index (κ3) is 9.86. The van der Waals surface area contributed by atoms with Gasteiger partial charge in [-0.15, -0.1) is 0 Å². The van der Waals surface area contributed by atoms with Gasteiger partial charge in [0, 0.05) is 25.8 Å². The molecule has 0 atom stereocenters. The Morgan fingerprint density at radius 3 is 2.72 bits per heavy atom. The van der Waals surface area contributed by atoms with Gasteiger partial charge in [-0.25, -0.2) is 10.8 Å². The minimum absolute atomic E-state index is 0.0518. The van der Waals surface area contributed by atoms with Crippen LogP contribution >= 0.6 is 0 Å². The van der Waals surface area contributed by atoms with E-state index in [4.69, 9.17) is 10.6 Å². The summed E-state index contributed by atoms with van der Waals surface area (Å²) in [5.41, 5.74) is 2.42. The van der Waals surface area contributed by atoms with Crippen molar-refractivity contribution in [1.82, 2.24) is 16.1 Å². The Kier molecular flexibility index (Phi) is 9.99. The van der Waals surface area contributed by atoms with Crippen LogP contribution in [-0.2, 0) is 9.53 Å². The van der Waals surface area contributed by atoms with Gasteiger partial charge in [-0.05, 0) is 27.2 Å². The Hall–Kier alpha value is -1.34. The highest BCUT2D eigenvalue weighted by molar-refractivity contribution is 5.84. The lowest BCUT2D eigenvalue weighted by atomic mass is 10.4. The standard InChI is InChI=1S/C11H25N5O2/c1-4-18-7-5-6-13-11(16-12)14-8-10(17)15-9(2)3/h9H,4-8,12H2,1-3H3,(H,15,17)(H2,13,14,16). The van der Waals surface area contributed by atoms with E-state index < -0.39 is 0 Å². The van der Waals surface area contributed by atoms with Gasteiger partial charge in [0.05, 0.1) is 0 Å². The minimum Gasteiger partial charge on any atom is -0.382 e. The molecule has 1 amide bonds. The molecule has 0 saturated carbocycles. The summed E-state index contributed by atoms with van der Waals surface area (Å²) in [7, 11) is 0. The number of nitrogens with zero attached hydrogens (tertiary/aromatic N) is 1. The van der Waals surface area contributed by atoms with Crippen molar-refractivity contribution in [2.24, 2.45) is 10.8 Å². The first-order chi connectivity index (χ1) is 8.60. The van der Waals surface area contributed by atoms with Crippen LogP contribution < -0.4 is 21.9 Å². The van der Waals surface area contributed by atoms with Gasteiger partial charge in [0.15, 0.2) is 0 Å². The van der Waals surface area contributed by atoms with E-state index in [0.29, 0.717) is 25.7 Å². The van der Waals surface area contributed by atoms with Gasteiger partial charge in [-0.2, -0.15) is 0 Å². The van der Waals surface area contributed by atoms with Crippen LogP contribution in [0.3, 0.4) is 0 Å². The van der Waals surface area contributed by atoms with Crippen molar-refractivity contribution in [2.45, 2.75) is 33.2 Å². The van der Waals surface area contributed by atoms with Gasteiger partial charge >= 0.3 is 0 Å². The normalized spacial score (nSPS) is 11.5. The Labute approximate surface area is 109 Å². The number of nitrogens with one attached hydrogen (secondary N) is 3. The first-order valence-electron chi connectivity index (χ1n) is 6.22. The van der Waals surface area contributed by atoms with E-state index in [0.717, 1.165) is 6.42 Å². The molecule has 0 heterocycles. The van der Waals surface area contributed by atoms with Crippen LogP contribution in [-0.4, -0.2) is 44.2 Å². The van der Waals surface area contributed by atoms with Crippen molar-refractivity contribution in [3.8, 4) is 0 Å². The van der Waals surface area contributed by atoms with Crippen LogP contribution in [0.15, 0.2) is 4.99 Å². The molecule has 0 aromatic heterocycles. The lowest BCUT2D eigenvalue weighted by molar-refractivity contribution is -0.120. The largest absolute Gasteiger partial charge is 0.382 e. The number of carbonyl (C=O) groups is 1. The predicted molar refractivity (Wildman–Crippen MR) is 72.0 cm³/mol. The van der Waals surface area contributed by atoms with Crippen LogP contribution in [0.25, 0.3) is 0 Å². The average molecular weight is 259 g/mol. The van der Waals surface area contributed by atoms with Crippen LogP contribution in [0.4, 0.5) is 0 Å².